The second-order valence-corrected chi connectivity index (χ2v) is 8.68. The van der Waals surface area contributed by atoms with Crippen LogP contribution in [0.25, 0.3) is 10.2 Å². The number of imide groups is 1. The Hall–Kier alpha value is -4.44. The van der Waals surface area contributed by atoms with E-state index in [0.717, 1.165) is 4.90 Å². The molecule has 35 heavy (non-hydrogen) atoms. The number of benzene rings is 2. The number of nitrogens with one attached hydrogen (secondary N) is 1. The summed E-state index contributed by atoms with van der Waals surface area (Å²) in [6, 6.07) is 14.6. The fraction of sp³-hybridized carbons (Fsp3) is 0.120. The Morgan fingerprint density at radius 1 is 1.00 bits per heavy atom. The highest BCUT2D eigenvalue weighted by atomic mass is 32.1. The monoisotopic (exact) mass is 486 g/mol. The first-order valence-electron chi connectivity index (χ1n) is 10.7. The SMILES string of the molecule is CCOC(=O)c1ccc2nc(NC(=O)c3ccc4c(c3)C(=O)N(Cc3ccccn3)C4=O)sc2c1. The van der Waals surface area contributed by atoms with Gasteiger partial charge in [-0.2, -0.15) is 0 Å². The fourth-order valence-electron chi connectivity index (χ4n) is 3.72. The van der Waals surface area contributed by atoms with Crippen molar-refractivity contribution in [3.8, 4) is 0 Å². The number of amides is 3. The Morgan fingerprint density at radius 2 is 1.80 bits per heavy atom. The van der Waals surface area contributed by atoms with Gasteiger partial charge in [0, 0.05) is 11.8 Å². The highest BCUT2D eigenvalue weighted by molar-refractivity contribution is 7.22. The summed E-state index contributed by atoms with van der Waals surface area (Å²) in [7, 11) is 0. The molecule has 1 aliphatic heterocycles. The van der Waals surface area contributed by atoms with Crippen LogP contribution in [-0.2, 0) is 11.3 Å². The number of nitrogens with zero attached hydrogens (tertiary/aromatic N) is 3. The summed E-state index contributed by atoms with van der Waals surface area (Å²) in [5, 5.41) is 3.06. The highest BCUT2D eigenvalue weighted by Crippen LogP contribution is 2.29. The number of esters is 1. The molecular formula is C25H18N4O5S. The van der Waals surface area contributed by atoms with E-state index >= 15 is 0 Å². The number of carbonyl (C=O) groups excluding carboxylic acids is 4. The van der Waals surface area contributed by atoms with E-state index in [1.807, 2.05) is 0 Å². The lowest BCUT2D eigenvalue weighted by atomic mass is 10.1. The van der Waals surface area contributed by atoms with E-state index in [9.17, 15) is 19.2 Å². The van der Waals surface area contributed by atoms with E-state index in [1.165, 1.54) is 29.5 Å². The van der Waals surface area contributed by atoms with Gasteiger partial charge in [0.05, 0.1) is 45.8 Å². The van der Waals surface area contributed by atoms with Crippen molar-refractivity contribution < 1.29 is 23.9 Å². The normalized spacial score (nSPS) is 12.7. The number of anilines is 1. The van der Waals surface area contributed by atoms with Gasteiger partial charge in [-0.05, 0) is 55.5 Å². The summed E-state index contributed by atoms with van der Waals surface area (Å²) in [6.45, 7) is 2.06. The van der Waals surface area contributed by atoms with Crippen LogP contribution in [0, 0.1) is 0 Å². The summed E-state index contributed by atoms with van der Waals surface area (Å²) in [4.78, 5) is 60.1. The van der Waals surface area contributed by atoms with Crippen LogP contribution in [0.2, 0.25) is 0 Å². The highest BCUT2D eigenvalue weighted by Gasteiger charge is 2.36. The van der Waals surface area contributed by atoms with Gasteiger partial charge >= 0.3 is 5.97 Å². The summed E-state index contributed by atoms with van der Waals surface area (Å²) >= 11 is 1.21. The lowest BCUT2D eigenvalue weighted by Crippen LogP contribution is -2.29. The number of ether oxygens (including phenoxy) is 1. The molecule has 0 fully saturated rings. The van der Waals surface area contributed by atoms with Crippen molar-refractivity contribution in [1.82, 2.24) is 14.9 Å². The van der Waals surface area contributed by atoms with Gasteiger partial charge < -0.3 is 4.74 Å². The van der Waals surface area contributed by atoms with E-state index in [-0.39, 0.29) is 29.8 Å². The number of hydrogen-bond donors (Lipinski definition) is 1. The smallest absolute Gasteiger partial charge is 0.338 e. The van der Waals surface area contributed by atoms with Crippen LogP contribution in [0.5, 0.6) is 0 Å². The molecule has 9 nitrogen and oxygen atoms in total. The molecule has 2 aromatic heterocycles. The van der Waals surface area contributed by atoms with E-state index in [0.29, 0.717) is 26.6 Å². The van der Waals surface area contributed by atoms with Crippen LogP contribution in [-0.4, -0.2) is 45.2 Å². The van der Waals surface area contributed by atoms with Crippen molar-refractivity contribution in [3.63, 3.8) is 0 Å². The van der Waals surface area contributed by atoms with E-state index < -0.39 is 23.7 Å². The molecule has 1 N–H and O–H groups in total. The van der Waals surface area contributed by atoms with Crippen molar-refractivity contribution >= 4 is 50.4 Å². The second kappa shape index (κ2) is 9.07. The summed E-state index contributed by atoms with van der Waals surface area (Å²) < 4.78 is 5.73. The van der Waals surface area contributed by atoms with Crippen LogP contribution in [0.15, 0.2) is 60.8 Å². The minimum atomic E-state index is -0.475. The molecule has 0 aliphatic carbocycles. The summed E-state index contributed by atoms with van der Waals surface area (Å²) in [6.07, 6.45) is 1.59. The summed E-state index contributed by atoms with van der Waals surface area (Å²) in [5.41, 5.74) is 2.24. The standard InChI is InChI=1S/C25H18N4O5S/c1-2-34-24(33)15-7-9-19-20(12-15)35-25(27-19)28-21(30)14-6-8-17-18(11-14)23(32)29(22(17)31)13-16-5-3-4-10-26-16/h3-12H,2,13H2,1H3,(H,27,28,30). The molecule has 5 rings (SSSR count). The zero-order valence-corrected chi connectivity index (χ0v) is 19.3. The Labute approximate surface area is 203 Å². The van der Waals surface area contributed by atoms with Gasteiger partial charge in [-0.3, -0.25) is 29.6 Å². The number of carbonyl (C=O) groups is 4. The third kappa shape index (κ3) is 4.26. The molecule has 0 saturated carbocycles. The average Bonchev–Trinajstić information content (AvgIpc) is 3.37. The van der Waals surface area contributed by atoms with Crippen LogP contribution >= 0.6 is 11.3 Å². The van der Waals surface area contributed by atoms with Crippen molar-refractivity contribution in [1.29, 1.82) is 0 Å². The Morgan fingerprint density at radius 3 is 2.57 bits per heavy atom. The van der Waals surface area contributed by atoms with Gasteiger partial charge in [0.25, 0.3) is 17.7 Å². The first-order valence-corrected chi connectivity index (χ1v) is 11.6. The Balaban J connectivity index is 1.34. The molecule has 0 saturated heterocycles. The maximum Gasteiger partial charge on any atom is 0.338 e. The van der Waals surface area contributed by atoms with E-state index in [2.05, 4.69) is 15.3 Å². The predicted molar refractivity (Wildman–Crippen MR) is 128 cm³/mol. The van der Waals surface area contributed by atoms with Crippen LogP contribution < -0.4 is 5.32 Å². The number of fused-ring (bicyclic) bond motifs is 2. The first kappa shape index (κ1) is 22.4. The van der Waals surface area contributed by atoms with Gasteiger partial charge in [0.15, 0.2) is 5.13 Å². The predicted octanol–water partition coefficient (Wildman–Crippen LogP) is 3.92. The number of aromatic nitrogens is 2. The molecule has 10 heteroatoms. The maximum atomic E-state index is 12.9. The average molecular weight is 487 g/mol. The molecule has 174 valence electrons. The van der Waals surface area contributed by atoms with E-state index in [4.69, 9.17) is 4.74 Å². The third-order valence-corrected chi connectivity index (χ3v) is 6.33. The Kier molecular flexibility index (Phi) is 5.79. The topological polar surface area (TPSA) is 119 Å². The van der Waals surface area contributed by atoms with Crippen molar-refractivity contribution in [2.45, 2.75) is 13.5 Å². The molecule has 0 radical (unpaired) electrons. The van der Waals surface area contributed by atoms with Gasteiger partial charge in [0.2, 0.25) is 0 Å². The molecule has 0 spiro atoms. The minimum absolute atomic E-state index is 0.0498. The molecule has 3 heterocycles. The first-order chi connectivity index (χ1) is 16.9. The van der Waals surface area contributed by atoms with E-state index in [1.54, 1.807) is 49.5 Å². The molecule has 4 aromatic rings. The van der Waals surface area contributed by atoms with Gasteiger partial charge in [-0.1, -0.05) is 17.4 Å². The van der Waals surface area contributed by atoms with Crippen molar-refractivity contribution in [3.05, 3.63) is 88.7 Å². The van der Waals surface area contributed by atoms with Crippen LogP contribution in [0.3, 0.4) is 0 Å². The lowest BCUT2D eigenvalue weighted by molar-refractivity contribution is 0.0525. The molecular weight excluding hydrogens is 468 g/mol. The molecule has 0 atom stereocenters. The second-order valence-electron chi connectivity index (χ2n) is 7.65. The fourth-order valence-corrected chi connectivity index (χ4v) is 4.62. The number of hydrogen-bond acceptors (Lipinski definition) is 8. The summed E-state index contributed by atoms with van der Waals surface area (Å²) in [5.74, 6) is -1.80. The number of thiazole rings is 1. The zero-order valence-electron chi connectivity index (χ0n) is 18.5. The molecule has 0 unspecified atom stereocenters. The molecule has 2 aromatic carbocycles. The minimum Gasteiger partial charge on any atom is -0.462 e. The zero-order chi connectivity index (χ0) is 24.5. The Bertz CT molecular complexity index is 1500. The quantitative estimate of drug-likeness (QED) is 0.324. The van der Waals surface area contributed by atoms with Crippen molar-refractivity contribution in [2.75, 3.05) is 11.9 Å². The van der Waals surface area contributed by atoms with Gasteiger partial charge in [-0.15, -0.1) is 0 Å². The number of pyridine rings is 1. The largest absolute Gasteiger partial charge is 0.462 e. The number of rotatable bonds is 6. The van der Waals surface area contributed by atoms with Gasteiger partial charge in [0.1, 0.15) is 0 Å². The lowest BCUT2D eigenvalue weighted by Gasteiger charge is -2.12. The van der Waals surface area contributed by atoms with Crippen LogP contribution in [0.4, 0.5) is 5.13 Å². The third-order valence-electron chi connectivity index (χ3n) is 5.40. The molecule has 3 amide bonds. The maximum absolute atomic E-state index is 12.9. The molecule has 0 bridgehead atoms. The van der Waals surface area contributed by atoms with Crippen molar-refractivity contribution in [2.24, 2.45) is 0 Å². The van der Waals surface area contributed by atoms with Gasteiger partial charge in [-0.25, -0.2) is 9.78 Å². The van der Waals surface area contributed by atoms with Crippen LogP contribution in [0.1, 0.15) is 54.0 Å². The molecule has 1 aliphatic rings.